The van der Waals surface area contributed by atoms with Gasteiger partial charge in [-0.1, -0.05) is 0 Å². The molecule has 1 heterocycles. The number of hydrogen-bond acceptors (Lipinski definition) is 2. The number of nitrogens with zero attached hydrogens (tertiary/aromatic N) is 1. The summed E-state index contributed by atoms with van der Waals surface area (Å²) in [6.07, 6.45) is -2.86. The van der Waals surface area contributed by atoms with E-state index in [2.05, 4.69) is 0 Å². The Bertz CT molecular complexity index is 557. The average molecular weight is 334 g/mol. The van der Waals surface area contributed by atoms with Crippen molar-refractivity contribution in [3.8, 4) is 0 Å². The number of alkyl halides is 3. The van der Waals surface area contributed by atoms with Crippen LogP contribution in [0.4, 0.5) is 13.2 Å². The van der Waals surface area contributed by atoms with E-state index in [-0.39, 0.29) is 0 Å². The molecular formula is C9H13F3NO5P2+. The van der Waals surface area contributed by atoms with Gasteiger partial charge in [-0.15, -0.1) is 0 Å². The van der Waals surface area contributed by atoms with Gasteiger partial charge in [0.15, 0.2) is 24.3 Å². The number of aromatic nitrogens is 1. The molecule has 0 fully saturated rings. The highest BCUT2D eigenvalue weighted by atomic mass is 31.2. The van der Waals surface area contributed by atoms with Crippen molar-refractivity contribution in [2.24, 2.45) is 0 Å². The average Bonchev–Trinajstić information content (AvgIpc) is 2.22. The lowest BCUT2D eigenvalue weighted by Gasteiger charge is -2.18. The monoisotopic (exact) mass is 334 g/mol. The molecule has 0 radical (unpaired) electrons. The molecule has 0 saturated heterocycles. The van der Waals surface area contributed by atoms with E-state index in [0.29, 0.717) is 6.20 Å². The first-order chi connectivity index (χ1) is 8.82. The van der Waals surface area contributed by atoms with E-state index in [9.17, 15) is 27.2 Å². The van der Waals surface area contributed by atoms with Crippen molar-refractivity contribution in [2.45, 2.75) is 18.1 Å². The van der Waals surface area contributed by atoms with Crippen LogP contribution >= 0.6 is 15.0 Å². The lowest BCUT2D eigenvalue weighted by atomic mass is 10.3. The van der Waals surface area contributed by atoms with E-state index < -0.39 is 38.6 Å². The van der Waals surface area contributed by atoms with Gasteiger partial charge in [0.2, 0.25) is 7.37 Å². The Balaban J connectivity index is 3.14. The second-order valence-corrected chi connectivity index (χ2v) is 9.02. The van der Waals surface area contributed by atoms with Gasteiger partial charge in [-0.2, -0.15) is 13.2 Å². The fourth-order valence-electron chi connectivity index (χ4n) is 1.53. The van der Waals surface area contributed by atoms with Crippen molar-refractivity contribution in [3.63, 3.8) is 0 Å². The number of halogens is 3. The Kier molecular flexibility index (Phi) is 4.83. The van der Waals surface area contributed by atoms with Crippen molar-refractivity contribution in [3.05, 3.63) is 30.1 Å². The summed E-state index contributed by atoms with van der Waals surface area (Å²) in [5.41, 5.74) is -1.02. The third kappa shape index (κ3) is 4.68. The van der Waals surface area contributed by atoms with Gasteiger partial charge in [0.25, 0.3) is 0 Å². The highest BCUT2D eigenvalue weighted by molar-refractivity contribution is 7.73. The molecule has 114 valence electrons. The van der Waals surface area contributed by atoms with E-state index in [0.717, 1.165) is 29.6 Å². The summed E-state index contributed by atoms with van der Waals surface area (Å²) in [5, 5.41) is -1.96. The first-order valence-electron chi connectivity index (χ1n) is 5.23. The quantitative estimate of drug-likeness (QED) is 0.571. The van der Waals surface area contributed by atoms with E-state index in [4.69, 9.17) is 9.79 Å². The lowest BCUT2D eigenvalue weighted by Crippen LogP contribution is -2.40. The Morgan fingerprint density at radius 3 is 2.25 bits per heavy atom. The van der Waals surface area contributed by atoms with E-state index in [1.54, 1.807) is 0 Å². The van der Waals surface area contributed by atoms with Gasteiger partial charge >= 0.3 is 13.8 Å². The summed E-state index contributed by atoms with van der Waals surface area (Å²) in [6.45, 7) is 0.0589. The molecule has 1 rings (SSSR count). The molecule has 0 aliphatic heterocycles. The van der Waals surface area contributed by atoms with Gasteiger partial charge in [0.1, 0.15) is 5.56 Å². The van der Waals surface area contributed by atoms with Crippen molar-refractivity contribution in [1.82, 2.24) is 0 Å². The van der Waals surface area contributed by atoms with E-state index in [1.165, 1.54) is 0 Å². The van der Waals surface area contributed by atoms with E-state index in [1.807, 2.05) is 0 Å². The van der Waals surface area contributed by atoms with Gasteiger partial charge in [-0.3, -0.25) is 9.13 Å². The summed E-state index contributed by atoms with van der Waals surface area (Å²) in [5.74, 6) is 0. The molecule has 0 aliphatic carbocycles. The summed E-state index contributed by atoms with van der Waals surface area (Å²) < 4.78 is 61.0. The predicted molar refractivity (Wildman–Crippen MR) is 63.2 cm³/mol. The molecule has 0 amide bonds. The third-order valence-corrected chi connectivity index (χ3v) is 6.90. The Labute approximate surface area is 112 Å². The zero-order valence-corrected chi connectivity index (χ0v) is 12.0. The maximum absolute atomic E-state index is 12.5. The number of hydrogen-bond donors (Lipinski definition) is 3. The van der Waals surface area contributed by atoms with Gasteiger partial charge in [-0.05, 0) is 6.07 Å². The standard InChI is InChI=1S/C9H12F3NO5P2/c1-19(14,15)8(20(16,17)18)6-13-4-2-3-7(5-13)9(10,11)12/h2-5,8H,6H2,1H3,(H2-,14,15,16,17,18)/p+1. The topological polar surface area (TPSA) is 98.7 Å². The third-order valence-electron chi connectivity index (χ3n) is 2.50. The maximum atomic E-state index is 12.5. The molecule has 20 heavy (non-hydrogen) atoms. The fourth-order valence-corrected chi connectivity index (χ4v) is 4.65. The van der Waals surface area contributed by atoms with Crippen LogP contribution in [0.1, 0.15) is 5.56 Å². The van der Waals surface area contributed by atoms with Crippen LogP contribution in [0.25, 0.3) is 0 Å². The fraction of sp³-hybridized carbons (Fsp3) is 0.444. The van der Waals surface area contributed by atoms with Crippen LogP contribution in [0.2, 0.25) is 0 Å². The number of rotatable bonds is 4. The van der Waals surface area contributed by atoms with Crippen LogP contribution in [-0.2, 0) is 21.9 Å². The molecule has 3 N–H and O–H groups in total. The van der Waals surface area contributed by atoms with E-state index >= 15 is 0 Å². The molecular weight excluding hydrogens is 321 g/mol. The minimum absolute atomic E-state index is 0.623. The molecule has 0 aliphatic rings. The van der Waals surface area contributed by atoms with Crippen LogP contribution in [0.15, 0.2) is 24.5 Å². The molecule has 11 heteroatoms. The van der Waals surface area contributed by atoms with Crippen molar-refractivity contribution < 1.29 is 41.5 Å². The first kappa shape index (κ1) is 17.3. The molecule has 0 aromatic carbocycles. The summed E-state index contributed by atoms with van der Waals surface area (Å²) in [4.78, 5) is 27.4. The second-order valence-electron chi connectivity index (χ2n) is 4.30. The van der Waals surface area contributed by atoms with Crippen molar-refractivity contribution >= 4 is 15.0 Å². The molecule has 2 atom stereocenters. The lowest BCUT2D eigenvalue weighted by molar-refractivity contribution is -0.695. The Hall–Kier alpha value is -0.720. The minimum Gasteiger partial charge on any atom is -0.344 e. The molecule has 0 bridgehead atoms. The van der Waals surface area contributed by atoms with Gasteiger partial charge in [0, 0.05) is 12.7 Å². The van der Waals surface area contributed by atoms with Crippen LogP contribution in [0.5, 0.6) is 0 Å². The highest BCUT2D eigenvalue weighted by Crippen LogP contribution is 2.60. The predicted octanol–water partition coefficient (Wildman–Crippen LogP) is 1.40. The normalized spacial score (nSPS) is 17.6. The molecule has 2 unspecified atom stereocenters. The maximum Gasteiger partial charge on any atom is 0.422 e. The smallest absolute Gasteiger partial charge is 0.344 e. The largest absolute Gasteiger partial charge is 0.422 e. The van der Waals surface area contributed by atoms with Crippen LogP contribution < -0.4 is 4.57 Å². The molecule has 0 spiro atoms. The van der Waals surface area contributed by atoms with Gasteiger partial charge < -0.3 is 14.7 Å². The Morgan fingerprint density at radius 1 is 1.30 bits per heavy atom. The summed E-state index contributed by atoms with van der Waals surface area (Å²) in [6, 6.07) is 1.82. The van der Waals surface area contributed by atoms with Gasteiger partial charge in [0.05, 0.1) is 0 Å². The zero-order valence-electron chi connectivity index (χ0n) is 10.2. The van der Waals surface area contributed by atoms with Crippen LogP contribution in [0, 0.1) is 0 Å². The molecule has 0 saturated carbocycles. The summed E-state index contributed by atoms with van der Waals surface area (Å²) >= 11 is 0. The molecule has 1 aromatic rings. The Morgan fingerprint density at radius 2 is 1.85 bits per heavy atom. The van der Waals surface area contributed by atoms with Crippen LogP contribution in [-0.4, -0.2) is 26.7 Å². The minimum atomic E-state index is -4.93. The van der Waals surface area contributed by atoms with Gasteiger partial charge in [-0.25, -0.2) is 4.57 Å². The zero-order chi connectivity index (χ0) is 15.8. The highest BCUT2D eigenvalue weighted by Gasteiger charge is 2.44. The molecule has 6 nitrogen and oxygen atoms in total. The summed E-state index contributed by atoms with van der Waals surface area (Å²) in [7, 11) is -9.12. The first-order valence-corrected chi connectivity index (χ1v) is 9.09. The molecule has 1 aromatic heterocycles. The van der Waals surface area contributed by atoms with Crippen LogP contribution in [0.3, 0.4) is 0 Å². The second kappa shape index (κ2) is 5.58. The number of pyridine rings is 1. The van der Waals surface area contributed by atoms with Crippen molar-refractivity contribution in [2.75, 3.05) is 6.66 Å². The SMILES string of the molecule is CP(=O)(O)C(C[n+]1cccc(C(F)(F)F)c1)P(=O)(O)O. The van der Waals surface area contributed by atoms with Crippen molar-refractivity contribution in [1.29, 1.82) is 0 Å².